The number of nitrogens with one attached hydrogen (secondary N) is 3. The van der Waals surface area contributed by atoms with Gasteiger partial charge in [-0.1, -0.05) is 19.9 Å². The van der Waals surface area contributed by atoms with Gasteiger partial charge in [-0.25, -0.2) is 4.79 Å². The van der Waals surface area contributed by atoms with E-state index in [1.165, 1.54) is 0 Å². The van der Waals surface area contributed by atoms with Crippen LogP contribution in [0.15, 0.2) is 18.2 Å². The first-order chi connectivity index (χ1) is 12.5. The van der Waals surface area contributed by atoms with Crippen molar-refractivity contribution in [3.05, 3.63) is 29.3 Å². The summed E-state index contributed by atoms with van der Waals surface area (Å²) in [6, 6.07) is 5.13. The molecule has 6 heteroatoms. The van der Waals surface area contributed by atoms with Crippen LogP contribution >= 0.6 is 0 Å². The zero-order valence-corrected chi connectivity index (χ0v) is 16.1. The van der Waals surface area contributed by atoms with Gasteiger partial charge in [-0.05, 0) is 55.7 Å². The zero-order valence-electron chi connectivity index (χ0n) is 16.1. The molecular weight excluding hydrogens is 330 g/mol. The van der Waals surface area contributed by atoms with Crippen LogP contribution in [0.2, 0.25) is 0 Å². The normalized spacial score (nSPS) is 16.5. The third kappa shape index (κ3) is 6.33. The van der Waals surface area contributed by atoms with Crippen molar-refractivity contribution in [2.24, 2.45) is 11.8 Å². The highest BCUT2D eigenvalue weighted by molar-refractivity contribution is 5.99. The average molecular weight is 361 g/mol. The van der Waals surface area contributed by atoms with Crippen LogP contribution in [0.4, 0.5) is 10.5 Å². The molecule has 144 valence electrons. The van der Waals surface area contributed by atoms with Crippen LogP contribution in [0.25, 0.3) is 0 Å². The number of hydrogen-bond donors (Lipinski definition) is 3. The van der Waals surface area contributed by atoms with E-state index in [1.54, 1.807) is 12.1 Å². The number of amides is 3. The Labute approximate surface area is 156 Å². The van der Waals surface area contributed by atoms with Gasteiger partial charge < -0.3 is 20.7 Å². The number of anilines is 1. The molecule has 1 fully saturated rings. The monoisotopic (exact) mass is 361 g/mol. The van der Waals surface area contributed by atoms with E-state index >= 15 is 0 Å². The standard InChI is InChI=1S/C20H31N3O3/c1-14(2)12-22-19(24)17-7-4-8-18(15(17)3)23-20(25)21-10-5-6-16-9-11-26-13-16/h4,7-8,14,16H,5-6,9-13H2,1-3H3,(H,22,24)(H2,21,23,25). The van der Waals surface area contributed by atoms with E-state index in [4.69, 9.17) is 4.74 Å². The van der Waals surface area contributed by atoms with Gasteiger partial charge in [0.05, 0.1) is 0 Å². The molecule has 1 heterocycles. The summed E-state index contributed by atoms with van der Waals surface area (Å²) in [4.78, 5) is 24.4. The topological polar surface area (TPSA) is 79.5 Å². The van der Waals surface area contributed by atoms with Gasteiger partial charge in [-0.3, -0.25) is 4.79 Å². The molecule has 1 unspecified atom stereocenters. The molecule has 0 aromatic heterocycles. The third-order valence-corrected chi connectivity index (χ3v) is 4.60. The number of hydrogen-bond acceptors (Lipinski definition) is 3. The number of rotatable bonds is 8. The molecule has 6 nitrogen and oxygen atoms in total. The maximum absolute atomic E-state index is 12.3. The van der Waals surface area contributed by atoms with E-state index < -0.39 is 0 Å². The molecule has 1 aromatic rings. The summed E-state index contributed by atoms with van der Waals surface area (Å²) in [6.07, 6.45) is 3.14. The summed E-state index contributed by atoms with van der Waals surface area (Å²) in [6.45, 7) is 8.92. The Morgan fingerprint density at radius 1 is 1.27 bits per heavy atom. The second kappa shape index (κ2) is 10.2. The molecule has 0 radical (unpaired) electrons. The van der Waals surface area contributed by atoms with Crippen LogP contribution in [-0.4, -0.2) is 38.2 Å². The second-order valence-corrected chi connectivity index (χ2v) is 7.33. The summed E-state index contributed by atoms with van der Waals surface area (Å²) < 4.78 is 5.36. The van der Waals surface area contributed by atoms with E-state index in [-0.39, 0.29) is 11.9 Å². The molecule has 0 bridgehead atoms. The second-order valence-electron chi connectivity index (χ2n) is 7.33. The molecule has 1 atom stereocenters. The molecule has 2 rings (SSSR count). The molecule has 1 aliphatic rings. The van der Waals surface area contributed by atoms with Crippen molar-refractivity contribution in [1.29, 1.82) is 0 Å². The van der Waals surface area contributed by atoms with Crippen molar-refractivity contribution in [3.63, 3.8) is 0 Å². The lowest BCUT2D eigenvalue weighted by Gasteiger charge is -2.14. The fraction of sp³-hybridized carbons (Fsp3) is 0.600. The number of carbonyl (C=O) groups is 2. The third-order valence-electron chi connectivity index (χ3n) is 4.60. The highest BCUT2D eigenvalue weighted by atomic mass is 16.5. The van der Waals surface area contributed by atoms with E-state index in [0.29, 0.717) is 36.2 Å². The van der Waals surface area contributed by atoms with Crippen molar-refractivity contribution in [2.45, 2.75) is 40.0 Å². The van der Waals surface area contributed by atoms with Gasteiger partial charge in [0, 0.05) is 37.6 Å². The van der Waals surface area contributed by atoms with Crippen LogP contribution in [0.5, 0.6) is 0 Å². The summed E-state index contributed by atoms with van der Waals surface area (Å²) in [5.74, 6) is 0.907. The van der Waals surface area contributed by atoms with Crippen molar-refractivity contribution in [2.75, 3.05) is 31.6 Å². The maximum Gasteiger partial charge on any atom is 0.319 e. The fourth-order valence-electron chi connectivity index (χ4n) is 2.98. The van der Waals surface area contributed by atoms with E-state index in [0.717, 1.165) is 38.0 Å². The highest BCUT2D eigenvalue weighted by Crippen LogP contribution is 2.19. The van der Waals surface area contributed by atoms with Gasteiger partial charge >= 0.3 is 6.03 Å². The average Bonchev–Trinajstić information content (AvgIpc) is 3.12. The minimum Gasteiger partial charge on any atom is -0.381 e. The molecule has 0 spiro atoms. The Morgan fingerprint density at radius 2 is 2.08 bits per heavy atom. The molecule has 26 heavy (non-hydrogen) atoms. The molecule has 3 amide bonds. The molecule has 1 aromatic carbocycles. The van der Waals surface area contributed by atoms with E-state index in [9.17, 15) is 9.59 Å². The number of benzene rings is 1. The number of urea groups is 1. The Bertz CT molecular complexity index is 610. The minimum absolute atomic E-state index is 0.112. The first kappa shape index (κ1) is 20.2. The van der Waals surface area contributed by atoms with Gasteiger partial charge in [0.2, 0.25) is 0 Å². The molecule has 1 saturated heterocycles. The van der Waals surface area contributed by atoms with Crippen molar-refractivity contribution >= 4 is 17.6 Å². The fourth-order valence-corrected chi connectivity index (χ4v) is 2.98. The molecule has 3 N–H and O–H groups in total. The van der Waals surface area contributed by atoms with Gasteiger partial charge in [-0.15, -0.1) is 0 Å². The first-order valence-electron chi connectivity index (χ1n) is 9.47. The molecule has 0 aliphatic carbocycles. The van der Waals surface area contributed by atoms with Crippen LogP contribution in [0, 0.1) is 18.8 Å². The summed E-state index contributed by atoms with van der Waals surface area (Å²) in [5.41, 5.74) is 2.01. The van der Waals surface area contributed by atoms with Crippen LogP contribution < -0.4 is 16.0 Å². The largest absolute Gasteiger partial charge is 0.381 e. The smallest absolute Gasteiger partial charge is 0.319 e. The van der Waals surface area contributed by atoms with Crippen LogP contribution in [0.1, 0.15) is 49.0 Å². The van der Waals surface area contributed by atoms with Crippen molar-refractivity contribution in [3.8, 4) is 0 Å². The predicted octanol–water partition coefficient (Wildman–Crippen LogP) is 3.32. The Kier molecular flexibility index (Phi) is 7.91. The highest BCUT2D eigenvalue weighted by Gasteiger charge is 2.15. The van der Waals surface area contributed by atoms with Crippen molar-refractivity contribution in [1.82, 2.24) is 10.6 Å². The van der Waals surface area contributed by atoms with Crippen molar-refractivity contribution < 1.29 is 14.3 Å². The Balaban J connectivity index is 1.81. The van der Waals surface area contributed by atoms with E-state index in [2.05, 4.69) is 29.8 Å². The Morgan fingerprint density at radius 3 is 2.77 bits per heavy atom. The maximum atomic E-state index is 12.3. The van der Waals surface area contributed by atoms with Crippen LogP contribution in [-0.2, 0) is 4.74 Å². The lowest BCUT2D eigenvalue weighted by molar-refractivity contribution is 0.0948. The predicted molar refractivity (Wildman–Crippen MR) is 104 cm³/mol. The van der Waals surface area contributed by atoms with Gasteiger partial charge in [0.1, 0.15) is 0 Å². The minimum atomic E-state index is -0.240. The lowest BCUT2D eigenvalue weighted by atomic mass is 10.0. The van der Waals surface area contributed by atoms with Gasteiger partial charge in [-0.2, -0.15) is 0 Å². The SMILES string of the molecule is Cc1c(NC(=O)NCCCC2CCOC2)cccc1C(=O)NCC(C)C. The summed E-state index contributed by atoms with van der Waals surface area (Å²) >= 11 is 0. The van der Waals surface area contributed by atoms with Crippen LogP contribution in [0.3, 0.4) is 0 Å². The molecular formula is C20H31N3O3. The molecule has 0 saturated carbocycles. The number of ether oxygens (including phenoxy) is 1. The van der Waals surface area contributed by atoms with Gasteiger partial charge in [0.25, 0.3) is 5.91 Å². The Hall–Kier alpha value is -2.08. The number of carbonyl (C=O) groups excluding carboxylic acids is 2. The quantitative estimate of drug-likeness (QED) is 0.622. The van der Waals surface area contributed by atoms with E-state index in [1.807, 2.05) is 13.0 Å². The summed E-state index contributed by atoms with van der Waals surface area (Å²) in [7, 11) is 0. The van der Waals surface area contributed by atoms with Gasteiger partial charge in [0.15, 0.2) is 0 Å². The zero-order chi connectivity index (χ0) is 18.9. The summed E-state index contributed by atoms with van der Waals surface area (Å²) in [5, 5.41) is 8.63. The first-order valence-corrected chi connectivity index (χ1v) is 9.47. The molecule has 1 aliphatic heterocycles. The lowest BCUT2D eigenvalue weighted by Crippen LogP contribution is -2.31.